The van der Waals surface area contributed by atoms with Crippen LogP contribution in [0.3, 0.4) is 0 Å². The second-order valence-electron chi connectivity index (χ2n) is 4.59. The summed E-state index contributed by atoms with van der Waals surface area (Å²) in [4.78, 5) is 3.88. The number of hydrogen-bond donors (Lipinski definition) is 1. The topological polar surface area (TPSA) is 57.9 Å². The van der Waals surface area contributed by atoms with Gasteiger partial charge in [0.15, 0.2) is 0 Å². The van der Waals surface area contributed by atoms with E-state index in [1.807, 2.05) is 0 Å². The normalized spacial score (nSPS) is 11.2. The number of anilines is 1. The van der Waals surface area contributed by atoms with E-state index in [4.69, 9.17) is 5.26 Å². The monoisotopic (exact) mass is 343 g/mol. The Bertz CT molecular complexity index is 738. The van der Waals surface area contributed by atoms with E-state index in [1.165, 1.54) is 24.3 Å². The van der Waals surface area contributed by atoms with Crippen LogP contribution in [-0.4, -0.2) is 11.6 Å². The Morgan fingerprint density at radius 3 is 2.50 bits per heavy atom. The van der Waals surface area contributed by atoms with Gasteiger partial charge in [-0.1, -0.05) is 0 Å². The zero-order valence-electron chi connectivity index (χ0n) is 11.9. The molecule has 0 aliphatic rings. The first-order valence-corrected chi connectivity index (χ1v) is 6.54. The molecule has 0 fully saturated rings. The molecule has 1 aromatic heterocycles. The Labute approximate surface area is 133 Å². The Hall–Kier alpha value is -2.89. The molecular formula is C15H10F5N3O. The van der Waals surface area contributed by atoms with Crippen LogP contribution >= 0.6 is 0 Å². The highest BCUT2D eigenvalue weighted by Gasteiger charge is 2.33. The molecule has 2 aromatic rings. The smallest absolute Gasteiger partial charge is 0.417 e. The van der Waals surface area contributed by atoms with E-state index in [1.54, 1.807) is 0 Å². The number of benzene rings is 1. The number of nitrogens with one attached hydrogen (secondary N) is 1. The Balaban J connectivity index is 2.06. The van der Waals surface area contributed by atoms with Crippen molar-refractivity contribution in [3.05, 3.63) is 53.3 Å². The molecule has 1 heterocycles. The van der Waals surface area contributed by atoms with Crippen molar-refractivity contribution in [1.82, 2.24) is 4.98 Å². The van der Waals surface area contributed by atoms with Gasteiger partial charge in [-0.25, -0.2) is 0 Å². The minimum Gasteiger partial charge on any atom is -0.433 e. The van der Waals surface area contributed by atoms with E-state index in [2.05, 4.69) is 15.0 Å². The summed E-state index contributed by atoms with van der Waals surface area (Å²) in [7, 11) is 0. The van der Waals surface area contributed by atoms with Crippen molar-refractivity contribution in [3.8, 4) is 11.8 Å². The standard InChI is InChI=1S/C15H10F5N3O/c16-14(17)24-12-3-1-11(23-8-12)7-22-10-2-4-13(15(18,19)20)9(5-10)6-21/h1-5,8,14,22H,7H2. The van der Waals surface area contributed by atoms with Crippen molar-refractivity contribution in [3.63, 3.8) is 0 Å². The van der Waals surface area contributed by atoms with Crippen molar-refractivity contribution in [2.45, 2.75) is 19.3 Å². The number of alkyl halides is 5. The Kier molecular flexibility index (Phi) is 5.18. The Morgan fingerprint density at radius 2 is 1.96 bits per heavy atom. The summed E-state index contributed by atoms with van der Waals surface area (Å²) in [6, 6.07) is 7.32. The maximum absolute atomic E-state index is 12.7. The molecule has 0 radical (unpaired) electrons. The molecule has 126 valence electrons. The summed E-state index contributed by atoms with van der Waals surface area (Å²) in [6.45, 7) is -2.82. The highest BCUT2D eigenvalue weighted by atomic mass is 19.4. The lowest BCUT2D eigenvalue weighted by atomic mass is 10.1. The van der Waals surface area contributed by atoms with E-state index in [-0.39, 0.29) is 12.3 Å². The Morgan fingerprint density at radius 1 is 1.21 bits per heavy atom. The highest BCUT2D eigenvalue weighted by molar-refractivity contribution is 5.53. The van der Waals surface area contributed by atoms with Gasteiger partial charge in [0.2, 0.25) is 0 Å². The molecule has 24 heavy (non-hydrogen) atoms. The van der Waals surface area contributed by atoms with E-state index in [0.29, 0.717) is 11.4 Å². The molecule has 1 N–H and O–H groups in total. The van der Waals surface area contributed by atoms with Gasteiger partial charge >= 0.3 is 12.8 Å². The molecule has 0 amide bonds. The molecule has 0 bridgehead atoms. The van der Waals surface area contributed by atoms with Crippen LogP contribution in [0.1, 0.15) is 16.8 Å². The minimum absolute atomic E-state index is 0.102. The first kappa shape index (κ1) is 17.5. The van der Waals surface area contributed by atoms with Gasteiger partial charge in [0, 0.05) is 5.69 Å². The lowest BCUT2D eigenvalue weighted by molar-refractivity contribution is -0.137. The number of nitriles is 1. The van der Waals surface area contributed by atoms with Crippen LogP contribution in [0.4, 0.5) is 27.6 Å². The zero-order valence-corrected chi connectivity index (χ0v) is 11.9. The van der Waals surface area contributed by atoms with Crippen molar-refractivity contribution in [1.29, 1.82) is 5.26 Å². The van der Waals surface area contributed by atoms with Crippen LogP contribution in [0, 0.1) is 11.3 Å². The molecule has 0 atom stereocenters. The van der Waals surface area contributed by atoms with E-state index in [0.717, 1.165) is 18.3 Å². The van der Waals surface area contributed by atoms with Crippen LogP contribution in [0.15, 0.2) is 36.5 Å². The number of rotatable bonds is 5. The molecule has 0 saturated carbocycles. The van der Waals surface area contributed by atoms with Gasteiger partial charge < -0.3 is 10.1 Å². The lowest BCUT2D eigenvalue weighted by Crippen LogP contribution is -2.09. The first-order valence-electron chi connectivity index (χ1n) is 6.54. The third kappa shape index (κ3) is 4.55. The van der Waals surface area contributed by atoms with E-state index in [9.17, 15) is 22.0 Å². The molecule has 0 saturated heterocycles. The van der Waals surface area contributed by atoms with Crippen molar-refractivity contribution in [2.75, 3.05) is 5.32 Å². The number of aromatic nitrogens is 1. The van der Waals surface area contributed by atoms with E-state index >= 15 is 0 Å². The zero-order chi connectivity index (χ0) is 17.7. The fraction of sp³-hybridized carbons (Fsp3) is 0.200. The maximum atomic E-state index is 12.7. The molecule has 0 spiro atoms. The summed E-state index contributed by atoms with van der Waals surface area (Å²) >= 11 is 0. The van der Waals surface area contributed by atoms with Gasteiger partial charge in [-0.2, -0.15) is 27.2 Å². The molecule has 0 aliphatic carbocycles. The molecule has 1 aromatic carbocycles. The third-order valence-corrected chi connectivity index (χ3v) is 2.94. The van der Waals surface area contributed by atoms with Gasteiger partial charge in [0.25, 0.3) is 0 Å². The number of nitrogens with zero attached hydrogens (tertiary/aromatic N) is 2. The average molecular weight is 343 g/mol. The largest absolute Gasteiger partial charge is 0.433 e. The predicted octanol–water partition coefficient (Wildman–Crippen LogP) is 4.19. The van der Waals surface area contributed by atoms with Crippen LogP contribution in [0.5, 0.6) is 5.75 Å². The van der Waals surface area contributed by atoms with Crippen molar-refractivity contribution < 1.29 is 26.7 Å². The van der Waals surface area contributed by atoms with Crippen LogP contribution in [-0.2, 0) is 12.7 Å². The summed E-state index contributed by atoms with van der Waals surface area (Å²) in [5.41, 5.74) is -0.757. The summed E-state index contributed by atoms with van der Waals surface area (Å²) in [5, 5.41) is 11.6. The van der Waals surface area contributed by atoms with Gasteiger partial charge in [-0.05, 0) is 30.3 Å². The van der Waals surface area contributed by atoms with Gasteiger partial charge in [-0.15, -0.1) is 0 Å². The first-order chi connectivity index (χ1) is 11.3. The second-order valence-corrected chi connectivity index (χ2v) is 4.59. The van der Waals surface area contributed by atoms with E-state index < -0.39 is 23.9 Å². The van der Waals surface area contributed by atoms with Crippen LogP contribution in [0.25, 0.3) is 0 Å². The van der Waals surface area contributed by atoms with Gasteiger partial charge in [-0.3, -0.25) is 4.98 Å². The molecule has 2 rings (SSSR count). The average Bonchev–Trinajstić information content (AvgIpc) is 2.52. The minimum atomic E-state index is -4.61. The third-order valence-electron chi connectivity index (χ3n) is 2.94. The molecule has 9 heteroatoms. The predicted molar refractivity (Wildman–Crippen MR) is 74.4 cm³/mol. The quantitative estimate of drug-likeness (QED) is 0.827. The van der Waals surface area contributed by atoms with Crippen LogP contribution < -0.4 is 10.1 Å². The number of halogens is 5. The van der Waals surface area contributed by atoms with Crippen LogP contribution in [0.2, 0.25) is 0 Å². The summed E-state index contributed by atoms with van der Waals surface area (Å²) in [6.07, 6.45) is -3.50. The summed E-state index contributed by atoms with van der Waals surface area (Å²) < 4.78 is 66.3. The number of pyridine rings is 1. The molecule has 0 unspecified atom stereocenters. The molecule has 0 aliphatic heterocycles. The summed E-state index contributed by atoms with van der Waals surface area (Å²) in [5.74, 6) is -0.102. The maximum Gasteiger partial charge on any atom is 0.417 e. The lowest BCUT2D eigenvalue weighted by Gasteiger charge is -2.11. The SMILES string of the molecule is N#Cc1cc(NCc2ccc(OC(F)F)cn2)ccc1C(F)(F)F. The highest BCUT2D eigenvalue weighted by Crippen LogP contribution is 2.33. The number of hydrogen-bond acceptors (Lipinski definition) is 4. The van der Waals surface area contributed by atoms with Gasteiger partial charge in [0.1, 0.15) is 5.75 Å². The molecular weight excluding hydrogens is 333 g/mol. The molecule has 4 nitrogen and oxygen atoms in total. The fourth-order valence-electron chi connectivity index (χ4n) is 1.87. The van der Waals surface area contributed by atoms with Crippen molar-refractivity contribution in [2.24, 2.45) is 0 Å². The fourth-order valence-corrected chi connectivity index (χ4v) is 1.87. The number of ether oxygens (including phenoxy) is 1. The second kappa shape index (κ2) is 7.12. The van der Waals surface area contributed by atoms with Gasteiger partial charge in [0.05, 0.1) is 35.6 Å². The van der Waals surface area contributed by atoms with Crippen molar-refractivity contribution >= 4 is 5.69 Å².